The van der Waals surface area contributed by atoms with Crippen LogP contribution < -0.4 is 5.32 Å². The molecule has 0 spiro atoms. The Bertz CT molecular complexity index is 1230. The molecule has 6 heteroatoms. The highest BCUT2D eigenvalue weighted by Gasteiger charge is 2.20. The van der Waals surface area contributed by atoms with Crippen LogP contribution in [0.2, 0.25) is 0 Å². The van der Waals surface area contributed by atoms with Gasteiger partial charge in [-0.1, -0.05) is 314 Å². The van der Waals surface area contributed by atoms with Crippen molar-refractivity contribution in [1.82, 2.24) is 5.32 Å². The van der Waals surface area contributed by atoms with Gasteiger partial charge in [0.15, 0.2) is 0 Å². The van der Waals surface area contributed by atoms with Crippen LogP contribution in [-0.4, -0.2) is 47.4 Å². The molecule has 1 amide bonds. The highest BCUT2D eigenvalue weighted by Crippen LogP contribution is 2.18. The highest BCUT2D eigenvalue weighted by atomic mass is 16.5. The van der Waals surface area contributed by atoms with Crippen LogP contribution in [-0.2, 0) is 14.3 Å². The van der Waals surface area contributed by atoms with E-state index in [1.165, 1.54) is 289 Å². The number of ether oxygens (including phenoxy) is 1. The lowest BCUT2D eigenvalue weighted by atomic mass is 10.0. The van der Waals surface area contributed by atoms with Crippen molar-refractivity contribution in [3.63, 3.8) is 0 Å². The van der Waals surface area contributed by atoms with E-state index in [1.54, 1.807) is 0 Å². The Balaban J connectivity index is 3.42. The van der Waals surface area contributed by atoms with Crippen LogP contribution in [0.4, 0.5) is 0 Å². The van der Waals surface area contributed by atoms with Gasteiger partial charge in [-0.05, 0) is 83.5 Å². The maximum atomic E-state index is 12.5. The summed E-state index contributed by atoms with van der Waals surface area (Å²) in [4.78, 5) is 24.6. The summed E-state index contributed by atoms with van der Waals surface area (Å²) in [6, 6.07) is -0.548. The smallest absolute Gasteiger partial charge is 0.305 e. The van der Waals surface area contributed by atoms with Gasteiger partial charge >= 0.3 is 5.97 Å². The number of amides is 1. The molecule has 448 valence electrons. The van der Waals surface area contributed by atoms with E-state index < -0.39 is 12.1 Å². The van der Waals surface area contributed by atoms with Crippen molar-refractivity contribution in [3.05, 3.63) is 36.5 Å². The highest BCUT2D eigenvalue weighted by molar-refractivity contribution is 5.76. The molecule has 0 heterocycles. The first-order valence-electron chi connectivity index (χ1n) is 34.2. The molecule has 0 rings (SSSR count). The van der Waals surface area contributed by atoms with Gasteiger partial charge in [-0.25, -0.2) is 0 Å². The molecule has 0 aromatic rings. The van der Waals surface area contributed by atoms with Gasteiger partial charge in [0.1, 0.15) is 0 Å². The number of hydrogen-bond acceptors (Lipinski definition) is 5. The average Bonchev–Trinajstić information content (AvgIpc) is 3.42. The Labute approximate surface area is 474 Å². The normalized spacial score (nSPS) is 12.7. The third-order valence-electron chi connectivity index (χ3n) is 15.9. The number of aliphatic hydroxyl groups excluding tert-OH is 2. The quantitative estimate of drug-likeness (QED) is 0.0320. The SMILES string of the molecule is CCCCC/C=C\C/C=C\CCCCCCCC(=O)OCCCCCCCCCCCCC/C=C\CCCCCCCCCC(=O)NC(CO)C(O)CCCCCCCCCCCCCCCCCCCCCCCC. The summed E-state index contributed by atoms with van der Waals surface area (Å²) in [5, 5.41) is 23.4. The molecule has 0 fully saturated rings. The van der Waals surface area contributed by atoms with E-state index in [4.69, 9.17) is 4.74 Å². The van der Waals surface area contributed by atoms with Gasteiger partial charge in [-0.15, -0.1) is 0 Å². The van der Waals surface area contributed by atoms with Crippen molar-refractivity contribution < 1.29 is 24.5 Å². The Morgan fingerprint density at radius 1 is 0.368 bits per heavy atom. The van der Waals surface area contributed by atoms with Gasteiger partial charge in [0, 0.05) is 12.8 Å². The molecule has 2 atom stereocenters. The third kappa shape index (κ3) is 61.3. The van der Waals surface area contributed by atoms with Crippen LogP contribution in [0, 0.1) is 0 Å². The Morgan fingerprint density at radius 2 is 0.658 bits per heavy atom. The zero-order chi connectivity index (χ0) is 55.0. The standard InChI is InChI=1S/C70H133NO5/c1-3-5-7-9-11-13-15-17-19-20-21-22-25-28-31-35-38-42-46-50-54-58-62-68(73)67(66-72)71-69(74)63-59-55-51-47-43-39-36-32-29-26-23-24-27-30-33-37-41-45-49-53-57-61-65-76-70(75)64-60-56-52-48-44-40-34-18-16-14-12-10-8-6-4-2/h12,14,18,26,29,34,67-68,72-73H,3-11,13,15-17,19-25,27-28,30-33,35-66H2,1-2H3,(H,71,74)/b14-12-,29-26-,34-18-. The molecular weight excluding hydrogens is 935 g/mol. The first-order valence-corrected chi connectivity index (χ1v) is 34.2. The fraction of sp³-hybridized carbons (Fsp3) is 0.886. The first-order chi connectivity index (χ1) is 37.5. The van der Waals surface area contributed by atoms with Crippen molar-refractivity contribution in [2.45, 2.75) is 386 Å². The molecule has 0 aliphatic heterocycles. The van der Waals surface area contributed by atoms with Crippen molar-refractivity contribution >= 4 is 11.9 Å². The van der Waals surface area contributed by atoms with Gasteiger partial charge in [0.2, 0.25) is 5.91 Å². The number of aliphatic hydroxyl groups is 2. The van der Waals surface area contributed by atoms with Crippen molar-refractivity contribution in [2.24, 2.45) is 0 Å². The topological polar surface area (TPSA) is 95.9 Å². The second-order valence-electron chi connectivity index (χ2n) is 23.5. The lowest BCUT2D eigenvalue weighted by Gasteiger charge is -2.22. The van der Waals surface area contributed by atoms with E-state index in [-0.39, 0.29) is 18.5 Å². The molecule has 0 aromatic carbocycles. The summed E-state index contributed by atoms with van der Waals surface area (Å²) >= 11 is 0. The van der Waals surface area contributed by atoms with Crippen molar-refractivity contribution in [3.8, 4) is 0 Å². The molecule has 0 aromatic heterocycles. The molecule has 0 aliphatic rings. The molecule has 0 bridgehead atoms. The first kappa shape index (κ1) is 74.1. The van der Waals surface area contributed by atoms with Crippen LogP contribution in [0.3, 0.4) is 0 Å². The van der Waals surface area contributed by atoms with Crippen molar-refractivity contribution in [2.75, 3.05) is 13.2 Å². The second-order valence-corrected chi connectivity index (χ2v) is 23.5. The number of carbonyl (C=O) groups is 2. The molecule has 0 saturated heterocycles. The zero-order valence-electron chi connectivity index (χ0n) is 51.3. The summed E-state index contributed by atoms with van der Waals surface area (Å²) < 4.78 is 5.48. The van der Waals surface area contributed by atoms with E-state index in [2.05, 4.69) is 55.6 Å². The molecule has 2 unspecified atom stereocenters. The monoisotopic (exact) mass is 1070 g/mol. The summed E-state index contributed by atoms with van der Waals surface area (Å²) in [6.07, 6.45) is 83.2. The number of allylic oxidation sites excluding steroid dienone is 6. The fourth-order valence-corrected chi connectivity index (χ4v) is 10.7. The number of rotatable bonds is 64. The van der Waals surface area contributed by atoms with Crippen LogP contribution in [0.25, 0.3) is 0 Å². The van der Waals surface area contributed by atoms with Crippen LogP contribution in [0.5, 0.6) is 0 Å². The molecule has 0 aliphatic carbocycles. The lowest BCUT2D eigenvalue weighted by molar-refractivity contribution is -0.143. The van der Waals surface area contributed by atoms with Gasteiger partial charge < -0.3 is 20.3 Å². The molecule has 0 saturated carbocycles. The van der Waals surface area contributed by atoms with Gasteiger partial charge in [0.05, 0.1) is 25.4 Å². The second kappa shape index (κ2) is 65.6. The molecule has 0 radical (unpaired) electrons. The van der Waals surface area contributed by atoms with E-state index >= 15 is 0 Å². The number of hydrogen-bond donors (Lipinski definition) is 3. The van der Waals surface area contributed by atoms with E-state index in [1.807, 2.05) is 0 Å². The Morgan fingerprint density at radius 3 is 1.04 bits per heavy atom. The number of unbranched alkanes of at least 4 members (excludes halogenated alkanes) is 47. The Hall–Kier alpha value is -1.92. The average molecular weight is 1070 g/mol. The minimum absolute atomic E-state index is 0.00351. The maximum Gasteiger partial charge on any atom is 0.305 e. The molecular formula is C70H133NO5. The predicted octanol–water partition coefficient (Wildman–Crippen LogP) is 21.9. The third-order valence-corrected chi connectivity index (χ3v) is 15.9. The minimum atomic E-state index is -0.670. The van der Waals surface area contributed by atoms with E-state index in [9.17, 15) is 19.8 Å². The zero-order valence-corrected chi connectivity index (χ0v) is 51.3. The summed E-state index contributed by atoms with van der Waals surface area (Å²) in [5.74, 6) is -0.0421. The Kier molecular flexibility index (Phi) is 63.9. The number of esters is 1. The van der Waals surface area contributed by atoms with Crippen molar-refractivity contribution in [1.29, 1.82) is 0 Å². The summed E-state index contributed by atoms with van der Waals surface area (Å²) in [7, 11) is 0. The van der Waals surface area contributed by atoms with Crippen LogP contribution in [0.1, 0.15) is 373 Å². The molecule has 76 heavy (non-hydrogen) atoms. The lowest BCUT2D eigenvalue weighted by Crippen LogP contribution is -2.45. The molecule has 3 N–H and O–H groups in total. The van der Waals surface area contributed by atoms with Gasteiger partial charge in [-0.3, -0.25) is 9.59 Å². The summed E-state index contributed by atoms with van der Waals surface area (Å²) in [6.45, 7) is 4.94. The molecule has 6 nitrogen and oxygen atoms in total. The number of nitrogens with one attached hydrogen (secondary N) is 1. The van der Waals surface area contributed by atoms with E-state index in [0.29, 0.717) is 25.9 Å². The number of carbonyl (C=O) groups excluding carboxylic acids is 2. The summed E-state index contributed by atoms with van der Waals surface area (Å²) in [5.41, 5.74) is 0. The van der Waals surface area contributed by atoms with Gasteiger partial charge in [-0.2, -0.15) is 0 Å². The predicted molar refractivity (Wildman–Crippen MR) is 333 cm³/mol. The fourth-order valence-electron chi connectivity index (χ4n) is 10.7. The maximum absolute atomic E-state index is 12.5. The van der Waals surface area contributed by atoms with E-state index in [0.717, 1.165) is 51.4 Å². The van der Waals surface area contributed by atoms with Crippen LogP contribution in [0.15, 0.2) is 36.5 Å². The van der Waals surface area contributed by atoms with Crippen LogP contribution >= 0.6 is 0 Å². The largest absolute Gasteiger partial charge is 0.466 e. The minimum Gasteiger partial charge on any atom is -0.466 e. The van der Waals surface area contributed by atoms with Gasteiger partial charge in [0.25, 0.3) is 0 Å².